The summed E-state index contributed by atoms with van der Waals surface area (Å²) >= 11 is 3.47. The highest BCUT2D eigenvalue weighted by Crippen LogP contribution is 2.35. The molecule has 0 saturated heterocycles. The molecule has 2 nitrogen and oxygen atoms in total. The zero-order valence-electron chi connectivity index (χ0n) is 9.16. The predicted molar refractivity (Wildman–Crippen MR) is 65.5 cm³/mol. The van der Waals surface area contributed by atoms with Crippen LogP contribution in [0.5, 0.6) is 5.75 Å². The van der Waals surface area contributed by atoms with Crippen LogP contribution in [-0.2, 0) is 0 Å². The lowest BCUT2D eigenvalue weighted by molar-refractivity contribution is 0.244. The lowest BCUT2D eigenvalue weighted by atomic mass is 9.93. The summed E-state index contributed by atoms with van der Waals surface area (Å²) in [6.45, 7) is 1.93. The molecule has 0 saturated carbocycles. The van der Waals surface area contributed by atoms with Gasteiger partial charge in [0.25, 0.3) is 0 Å². The minimum Gasteiger partial charge on any atom is -0.493 e. The molecule has 15 heavy (non-hydrogen) atoms. The van der Waals surface area contributed by atoms with Crippen molar-refractivity contribution in [3.8, 4) is 5.75 Å². The van der Waals surface area contributed by atoms with Gasteiger partial charge in [0.2, 0.25) is 0 Å². The molecule has 2 rings (SSSR count). The summed E-state index contributed by atoms with van der Waals surface area (Å²) in [7, 11) is 4.24. The third-order valence-electron chi connectivity index (χ3n) is 2.72. The van der Waals surface area contributed by atoms with Gasteiger partial charge < -0.3 is 9.64 Å². The number of hydrogen-bond acceptors (Lipinski definition) is 2. The van der Waals surface area contributed by atoms with E-state index in [0.29, 0.717) is 5.92 Å². The average Bonchev–Trinajstić information content (AvgIpc) is 2.16. The van der Waals surface area contributed by atoms with Crippen molar-refractivity contribution in [2.45, 2.75) is 12.3 Å². The molecular formula is C12H16BrNO. The summed E-state index contributed by atoms with van der Waals surface area (Å²) in [6.07, 6.45) is 1.12. The molecule has 0 aromatic heterocycles. The number of halogens is 1. The van der Waals surface area contributed by atoms with E-state index in [-0.39, 0.29) is 0 Å². The molecule has 1 aromatic carbocycles. The fourth-order valence-electron chi connectivity index (χ4n) is 2.07. The number of ether oxygens (including phenoxy) is 1. The molecule has 1 aromatic rings. The highest BCUT2D eigenvalue weighted by Gasteiger charge is 2.21. The van der Waals surface area contributed by atoms with Crippen LogP contribution in [0.2, 0.25) is 0 Å². The predicted octanol–water partition coefficient (Wildman–Crippen LogP) is 2.88. The van der Waals surface area contributed by atoms with Gasteiger partial charge in [0.05, 0.1) is 6.61 Å². The number of rotatable bonds is 2. The van der Waals surface area contributed by atoms with Gasteiger partial charge in [-0.1, -0.05) is 22.0 Å². The smallest absolute Gasteiger partial charge is 0.123 e. The van der Waals surface area contributed by atoms with Crippen LogP contribution < -0.4 is 4.74 Å². The van der Waals surface area contributed by atoms with E-state index in [1.54, 1.807) is 0 Å². The Bertz CT molecular complexity index is 351. The van der Waals surface area contributed by atoms with E-state index in [1.807, 2.05) is 0 Å². The maximum atomic E-state index is 5.67. The van der Waals surface area contributed by atoms with Crippen LogP contribution >= 0.6 is 15.9 Å². The minimum absolute atomic E-state index is 0.608. The van der Waals surface area contributed by atoms with E-state index in [1.165, 1.54) is 5.56 Å². The standard InChI is InChI=1S/C12H16BrNO/c1-14(2)8-9-5-6-15-12-7-10(13)3-4-11(9)12/h3-4,7,9H,5-6,8H2,1-2H3. The maximum absolute atomic E-state index is 5.67. The molecule has 1 aliphatic rings. The van der Waals surface area contributed by atoms with Crippen molar-refractivity contribution in [2.75, 3.05) is 27.2 Å². The molecule has 1 atom stereocenters. The third-order valence-corrected chi connectivity index (χ3v) is 3.22. The topological polar surface area (TPSA) is 12.5 Å². The second-order valence-electron chi connectivity index (χ2n) is 4.28. The van der Waals surface area contributed by atoms with E-state index in [2.05, 4.69) is 53.1 Å². The van der Waals surface area contributed by atoms with Crippen LogP contribution in [0.15, 0.2) is 22.7 Å². The lowest BCUT2D eigenvalue weighted by Gasteiger charge is -2.28. The molecule has 3 heteroatoms. The van der Waals surface area contributed by atoms with Gasteiger partial charge in [-0.3, -0.25) is 0 Å². The fourth-order valence-corrected chi connectivity index (χ4v) is 2.41. The summed E-state index contributed by atoms with van der Waals surface area (Å²) in [5, 5.41) is 0. The SMILES string of the molecule is CN(C)CC1CCOc2cc(Br)ccc21. The van der Waals surface area contributed by atoms with E-state index in [4.69, 9.17) is 4.74 Å². The minimum atomic E-state index is 0.608. The zero-order valence-corrected chi connectivity index (χ0v) is 10.8. The summed E-state index contributed by atoms with van der Waals surface area (Å²) in [6, 6.07) is 6.33. The Balaban J connectivity index is 2.26. The van der Waals surface area contributed by atoms with Crippen molar-refractivity contribution in [2.24, 2.45) is 0 Å². The number of benzene rings is 1. The summed E-state index contributed by atoms with van der Waals surface area (Å²) in [5.41, 5.74) is 1.35. The molecule has 0 radical (unpaired) electrons. The van der Waals surface area contributed by atoms with Crippen LogP contribution in [0.4, 0.5) is 0 Å². The van der Waals surface area contributed by atoms with Crippen molar-refractivity contribution in [1.29, 1.82) is 0 Å². The Morgan fingerprint density at radius 2 is 2.27 bits per heavy atom. The molecule has 0 fully saturated rings. The van der Waals surface area contributed by atoms with Gasteiger partial charge in [-0.15, -0.1) is 0 Å². The fraction of sp³-hybridized carbons (Fsp3) is 0.500. The van der Waals surface area contributed by atoms with E-state index in [0.717, 1.165) is 29.8 Å². The summed E-state index contributed by atoms with van der Waals surface area (Å²) in [4.78, 5) is 2.24. The Hall–Kier alpha value is -0.540. The van der Waals surface area contributed by atoms with Crippen LogP contribution in [0, 0.1) is 0 Å². The molecular weight excluding hydrogens is 254 g/mol. The second kappa shape index (κ2) is 4.54. The Kier molecular flexibility index (Phi) is 3.32. The zero-order chi connectivity index (χ0) is 10.8. The quantitative estimate of drug-likeness (QED) is 0.819. The lowest BCUT2D eigenvalue weighted by Crippen LogP contribution is -2.25. The third kappa shape index (κ3) is 2.52. The van der Waals surface area contributed by atoms with Crippen LogP contribution in [0.3, 0.4) is 0 Å². The van der Waals surface area contributed by atoms with Gasteiger partial charge in [-0.2, -0.15) is 0 Å². The van der Waals surface area contributed by atoms with Gasteiger partial charge in [-0.25, -0.2) is 0 Å². The summed E-state index contributed by atoms with van der Waals surface area (Å²) < 4.78 is 6.76. The molecule has 1 heterocycles. The Labute approximate surface area is 99.4 Å². The van der Waals surface area contributed by atoms with Crippen molar-refractivity contribution in [3.05, 3.63) is 28.2 Å². The molecule has 1 unspecified atom stereocenters. The Morgan fingerprint density at radius 3 is 3.00 bits per heavy atom. The van der Waals surface area contributed by atoms with Crippen LogP contribution in [0.1, 0.15) is 17.9 Å². The van der Waals surface area contributed by atoms with Crippen LogP contribution in [-0.4, -0.2) is 32.1 Å². The Morgan fingerprint density at radius 1 is 1.47 bits per heavy atom. The molecule has 82 valence electrons. The summed E-state index contributed by atoms with van der Waals surface area (Å²) in [5.74, 6) is 1.65. The largest absolute Gasteiger partial charge is 0.493 e. The molecule has 0 aliphatic carbocycles. The van der Waals surface area contributed by atoms with Gasteiger partial charge in [-0.05, 0) is 38.2 Å². The monoisotopic (exact) mass is 269 g/mol. The van der Waals surface area contributed by atoms with Gasteiger partial charge in [0, 0.05) is 16.9 Å². The second-order valence-corrected chi connectivity index (χ2v) is 5.19. The van der Waals surface area contributed by atoms with Crippen molar-refractivity contribution >= 4 is 15.9 Å². The maximum Gasteiger partial charge on any atom is 0.123 e. The van der Waals surface area contributed by atoms with E-state index >= 15 is 0 Å². The van der Waals surface area contributed by atoms with Crippen molar-refractivity contribution in [1.82, 2.24) is 4.90 Å². The van der Waals surface area contributed by atoms with Crippen LogP contribution in [0.25, 0.3) is 0 Å². The molecule has 0 N–H and O–H groups in total. The van der Waals surface area contributed by atoms with E-state index in [9.17, 15) is 0 Å². The number of hydrogen-bond donors (Lipinski definition) is 0. The normalized spacial score (nSPS) is 19.9. The first-order valence-corrected chi connectivity index (χ1v) is 6.03. The molecule has 0 amide bonds. The number of nitrogens with zero attached hydrogens (tertiary/aromatic N) is 1. The first-order valence-electron chi connectivity index (χ1n) is 5.24. The van der Waals surface area contributed by atoms with Crippen molar-refractivity contribution < 1.29 is 4.74 Å². The average molecular weight is 270 g/mol. The molecule has 1 aliphatic heterocycles. The highest BCUT2D eigenvalue weighted by molar-refractivity contribution is 9.10. The number of likely N-dealkylation sites (N-methyl/N-ethyl adjacent to an activating group) is 1. The van der Waals surface area contributed by atoms with Gasteiger partial charge in [0.15, 0.2) is 0 Å². The number of fused-ring (bicyclic) bond motifs is 1. The first-order chi connectivity index (χ1) is 7.16. The van der Waals surface area contributed by atoms with Gasteiger partial charge >= 0.3 is 0 Å². The molecule has 0 spiro atoms. The van der Waals surface area contributed by atoms with Gasteiger partial charge in [0.1, 0.15) is 5.75 Å². The highest BCUT2D eigenvalue weighted by atomic mass is 79.9. The van der Waals surface area contributed by atoms with E-state index < -0.39 is 0 Å². The van der Waals surface area contributed by atoms with Crippen molar-refractivity contribution in [3.63, 3.8) is 0 Å². The first kappa shape index (κ1) is 11.0. The molecule has 0 bridgehead atoms.